The quantitative estimate of drug-likeness (QED) is 0.0323. The number of unbranched alkanes of at least 4 members (excludes halogenated alkanes) is 2. The predicted molar refractivity (Wildman–Crippen MR) is 251 cm³/mol. The van der Waals surface area contributed by atoms with E-state index >= 15 is 0 Å². The van der Waals surface area contributed by atoms with Crippen LogP contribution in [0.1, 0.15) is 91.3 Å². The number of aliphatic hydroxyl groups excluding tert-OH is 2. The number of thioether (sulfide) groups is 1. The fourth-order valence-corrected chi connectivity index (χ4v) is 10.6. The summed E-state index contributed by atoms with van der Waals surface area (Å²) in [7, 11) is 0. The van der Waals surface area contributed by atoms with E-state index in [1.54, 1.807) is 42.1 Å². The first-order valence-electron chi connectivity index (χ1n) is 22.8. The molecule has 0 unspecified atom stereocenters. The molecule has 0 radical (unpaired) electrons. The predicted octanol–water partition coefficient (Wildman–Crippen LogP) is 10.1. The van der Waals surface area contributed by atoms with Crippen molar-refractivity contribution in [1.82, 2.24) is 4.90 Å². The van der Waals surface area contributed by atoms with Crippen molar-refractivity contribution in [3.8, 4) is 17.6 Å². The highest BCUT2D eigenvalue weighted by atomic mass is 32.2. The van der Waals surface area contributed by atoms with Crippen molar-refractivity contribution in [2.75, 3.05) is 38.7 Å². The third kappa shape index (κ3) is 10.8. The maximum atomic E-state index is 15.0. The standard InChI is InChI=1S/C53H61N3O7S/c1-3-27-56(52(59)40-23-21-38(36-54)22-24-40)49-35-47(55-62-37-39-15-7-5-8-16-39)45-33-41(17-11-13-28-57)44(20-12-14-29-58)50-46-34-42(60-31-32-64-43-18-9-6-10-19-43)25-26-48(46)63-53(49,51(45)50)61-30-4-2/h4-10,15-16,18-19,21-26,33-34,41,44,49-51,57-58H,2-3,11-14,17,20,27-32,35,37H2,1H3/t41-,44+,49-,50+,51+,53+/m0/s1. The Morgan fingerprint density at radius 1 is 0.984 bits per heavy atom. The van der Waals surface area contributed by atoms with E-state index in [9.17, 15) is 20.3 Å². The minimum absolute atomic E-state index is 0.0799. The molecule has 4 aromatic carbocycles. The van der Waals surface area contributed by atoms with Crippen molar-refractivity contribution >= 4 is 23.4 Å². The molecule has 6 atom stereocenters. The number of carbonyl (C=O) groups is 1. The molecule has 2 N–H and O–H groups in total. The zero-order valence-electron chi connectivity index (χ0n) is 36.9. The number of aliphatic hydroxyl groups is 2. The number of ether oxygens (including phenoxy) is 3. The van der Waals surface area contributed by atoms with E-state index < -0.39 is 17.7 Å². The molecule has 7 rings (SSSR count). The number of nitriles is 1. The fourth-order valence-electron chi connectivity index (χ4n) is 9.83. The molecule has 0 spiro atoms. The molecule has 1 saturated carbocycles. The molecule has 336 valence electrons. The van der Waals surface area contributed by atoms with Crippen molar-refractivity contribution in [2.45, 2.75) is 87.5 Å². The van der Waals surface area contributed by atoms with E-state index in [2.05, 4.69) is 43.8 Å². The van der Waals surface area contributed by atoms with Gasteiger partial charge in [-0.25, -0.2) is 0 Å². The van der Waals surface area contributed by atoms with Gasteiger partial charge < -0.3 is 34.2 Å². The number of rotatable bonds is 23. The number of allylic oxidation sites excluding steroid dienone is 1. The molecule has 10 nitrogen and oxygen atoms in total. The Balaban J connectivity index is 1.39. The number of fused-ring (bicyclic) bond motifs is 2. The molecular formula is C53H61N3O7S. The number of hydrogen-bond donors (Lipinski definition) is 2. The summed E-state index contributed by atoms with van der Waals surface area (Å²) in [5.74, 6) is 0.170. The smallest absolute Gasteiger partial charge is 0.254 e. The van der Waals surface area contributed by atoms with Gasteiger partial charge in [-0.2, -0.15) is 5.26 Å². The van der Waals surface area contributed by atoms with Crippen LogP contribution in [0.4, 0.5) is 0 Å². The van der Waals surface area contributed by atoms with Crippen LogP contribution >= 0.6 is 11.8 Å². The molecule has 0 aromatic heterocycles. The van der Waals surface area contributed by atoms with Gasteiger partial charge in [0, 0.05) is 53.9 Å². The van der Waals surface area contributed by atoms with Crippen LogP contribution in [0.15, 0.2) is 137 Å². The van der Waals surface area contributed by atoms with Gasteiger partial charge >= 0.3 is 0 Å². The van der Waals surface area contributed by atoms with E-state index in [0.717, 1.165) is 59.6 Å². The van der Waals surface area contributed by atoms with Crippen molar-refractivity contribution < 1.29 is 34.1 Å². The summed E-state index contributed by atoms with van der Waals surface area (Å²) >= 11 is 1.75. The van der Waals surface area contributed by atoms with Gasteiger partial charge in [0.1, 0.15) is 24.1 Å². The van der Waals surface area contributed by atoms with Crippen LogP contribution in [-0.2, 0) is 16.2 Å². The lowest BCUT2D eigenvalue weighted by Gasteiger charge is -2.60. The Bertz CT molecular complexity index is 2250. The molecule has 1 fully saturated rings. The van der Waals surface area contributed by atoms with Gasteiger partial charge in [0.15, 0.2) is 0 Å². The Labute approximate surface area is 382 Å². The molecule has 1 amide bonds. The molecule has 0 bridgehead atoms. The molecule has 2 aliphatic carbocycles. The monoisotopic (exact) mass is 883 g/mol. The van der Waals surface area contributed by atoms with Crippen LogP contribution in [0, 0.1) is 29.1 Å². The topological polar surface area (TPSA) is 134 Å². The number of nitrogens with zero attached hydrogens (tertiary/aromatic N) is 3. The Morgan fingerprint density at radius 2 is 1.72 bits per heavy atom. The van der Waals surface area contributed by atoms with Crippen LogP contribution in [-0.4, -0.2) is 77.3 Å². The average molecular weight is 884 g/mol. The number of amides is 1. The third-order valence-electron chi connectivity index (χ3n) is 12.6. The molecule has 3 aliphatic rings. The maximum Gasteiger partial charge on any atom is 0.254 e. The third-order valence-corrected chi connectivity index (χ3v) is 13.6. The first kappa shape index (κ1) is 46.6. The minimum Gasteiger partial charge on any atom is -0.493 e. The second-order valence-electron chi connectivity index (χ2n) is 16.7. The first-order chi connectivity index (χ1) is 31.4. The molecular weight excluding hydrogens is 823 g/mol. The number of hydrogen-bond acceptors (Lipinski definition) is 10. The Kier molecular flexibility index (Phi) is 16.7. The molecule has 1 aliphatic heterocycles. The largest absolute Gasteiger partial charge is 0.493 e. The lowest BCUT2D eigenvalue weighted by Crippen LogP contribution is -2.70. The summed E-state index contributed by atoms with van der Waals surface area (Å²) < 4.78 is 21.0. The highest BCUT2D eigenvalue weighted by molar-refractivity contribution is 7.99. The van der Waals surface area contributed by atoms with Gasteiger partial charge in [0.25, 0.3) is 5.91 Å². The van der Waals surface area contributed by atoms with Crippen LogP contribution in [0.5, 0.6) is 11.5 Å². The SMILES string of the molecule is C=CCO[C@@]12Oc3ccc(OCCSc4ccccc4)cc3[C@H]3[C@H](CCCCO)[C@@H](CCCCO)C=C(C(=NOCc4ccccc4)C[C@@H]1N(CCC)C(=O)c1ccc(C#N)cc1)[C@H]32. The summed E-state index contributed by atoms with van der Waals surface area (Å²) in [6.45, 7) is 7.68. The van der Waals surface area contributed by atoms with E-state index in [4.69, 9.17) is 24.2 Å². The average Bonchev–Trinajstić information content (AvgIpc) is 3.33. The van der Waals surface area contributed by atoms with Crippen LogP contribution < -0.4 is 9.47 Å². The molecule has 0 saturated heterocycles. The first-order valence-corrected chi connectivity index (χ1v) is 23.8. The zero-order valence-corrected chi connectivity index (χ0v) is 37.7. The van der Waals surface area contributed by atoms with Gasteiger partial charge in [-0.1, -0.05) is 85.6 Å². The minimum atomic E-state index is -1.38. The number of benzene rings is 4. The van der Waals surface area contributed by atoms with Crippen LogP contribution in [0.3, 0.4) is 0 Å². The van der Waals surface area contributed by atoms with Gasteiger partial charge in [-0.05, 0) is 110 Å². The van der Waals surface area contributed by atoms with Gasteiger partial charge in [-0.3, -0.25) is 4.79 Å². The lowest BCUT2D eigenvalue weighted by molar-refractivity contribution is -0.254. The summed E-state index contributed by atoms with van der Waals surface area (Å²) in [5, 5.41) is 34.5. The molecule has 11 heteroatoms. The summed E-state index contributed by atoms with van der Waals surface area (Å²) in [5.41, 5.74) is 4.63. The molecule has 64 heavy (non-hydrogen) atoms. The Morgan fingerprint density at radius 3 is 2.42 bits per heavy atom. The Hall–Kier alpha value is -5.38. The number of oxime groups is 1. The summed E-state index contributed by atoms with van der Waals surface area (Å²) in [4.78, 5) is 24.3. The molecule has 4 aromatic rings. The fraction of sp³-hybridized carbons (Fsp3) is 0.415. The van der Waals surface area contributed by atoms with E-state index in [0.29, 0.717) is 49.3 Å². The zero-order chi connectivity index (χ0) is 44.7. The normalized spacial score (nSPS) is 22.6. The van der Waals surface area contributed by atoms with E-state index in [-0.39, 0.29) is 56.5 Å². The molecule has 1 heterocycles. The highest BCUT2D eigenvalue weighted by Crippen LogP contribution is 2.62. The van der Waals surface area contributed by atoms with Crippen LogP contribution in [0.25, 0.3) is 0 Å². The van der Waals surface area contributed by atoms with Crippen molar-refractivity contribution in [3.05, 3.63) is 150 Å². The highest BCUT2D eigenvalue weighted by Gasteiger charge is 2.65. The maximum absolute atomic E-state index is 15.0. The van der Waals surface area contributed by atoms with Crippen molar-refractivity contribution in [1.29, 1.82) is 5.26 Å². The van der Waals surface area contributed by atoms with E-state index in [1.165, 1.54) is 4.90 Å². The van der Waals surface area contributed by atoms with Gasteiger partial charge in [0.2, 0.25) is 5.79 Å². The summed E-state index contributed by atoms with van der Waals surface area (Å²) in [6.07, 6.45) is 9.73. The second kappa shape index (κ2) is 23.0. The number of carbonyl (C=O) groups excluding carboxylic acids is 1. The second-order valence-corrected chi connectivity index (χ2v) is 17.9. The van der Waals surface area contributed by atoms with Crippen molar-refractivity contribution in [2.24, 2.45) is 22.9 Å². The lowest BCUT2D eigenvalue weighted by atomic mass is 9.55. The van der Waals surface area contributed by atoms with E-state index in [1.807, 2.05) is 65.6 Å². The summed E-state index contributed by atoms with van der Waals surface area (Å²) in [6, 6.07) is 34.6. The van der Waals surface area contributed by atoms with Gasteiger partial charge in [-0.15, -0.1) is 18.3 Å². The van der Waals surface area contributed by atoms with Crippen molar-refractivity contribution in [3.63, 3.8) is 0 Å². The van der Waals surface area contributed by atoms with Gasteiger partial charge in [0.05, 0.1) is 36.5 Å². The van der Waals surface area contributed by atoms with Crippen LogP contribution in [0.2, 0.25) is 0 Å².